The third-order valence-electron chi connectivity index (χ3n) is 8.05. The van der Waals surface area contributed by atoms with Gasteiger partial charge in [-0.15, -0.1) is 0 Å². The van der Waals surface area contributed by atoms with Crippen LogP contribution in [0, 0.1) is 17.7 Å². The number of amides is 3. The van der Waals surface area contributed by atoms with Crippen LogP contribution in [-0.4, -0.2) is 28.7 Å². The van der Waals surface area contributed by atoms with E-state index in [1.54, 1.807) is 23.1 Å². The fraction of sp³-hybridized carbons (Fsp3) is 0.276. The lowest BCUT2D eigenvalue weighted by Gasteiger charge is -2.27. The lowest BCUT2D eigenvalue weighted by atomic mass is 9.76. The second kappa shape index (κ2) is 8.38. The van der Waals surface area contributed by atoms with Crippen LogP contribution in [0.5, 0.6) is 0 Å². The Morgan fingerprint density at radius 3 is 2.28 bits per heavy atom. The number of benzene rings is 3. The molecular formula is C29H27FN3O3+. The summed E-state index contributed by atoms with van der Waals surface area (Å²) in [6.07, 6.45) is 0.643. The van der Waals surface area contributed by atoms with Gasteiger partial charge in [0.1, 0.15) is 17.7 Å². The van der Waals surface area contributed by atoms with Gasteiger partial charge in [-0.2, -0.15) is 0 Å². The zero-order valence-corrected chi connectivity index (χ0v) is 19.9. The SMILES string of the molecule is CC[C@@H]1[NH2+][C@]2(C(=O)N(Cc3ccccc3F)c3ccccc32)[C@@H]2C(=O)N(Cc3ccccc3)C(=O)[C@H]12. The van der Waals surface area contributed by atoms with E-state index in [0.717, 1.165) is 11.1 Å². The average Bonchev–Trinajstić information content (AvgIpc) is 3.46. The topological polar surface area (TPSA) is 74.3 Å². The van der Waals surface area contributed by atoms with E-state index in [4.69, 9.17) is 0 Å². The van der Waals surface area contributed by atoms with Gasteiger partial charge in [-0.25, -0.2) is 4.39 Å². The quantitative estimate of drug-likeness (QED) is 0.566. The van der Waals surface area contributed by atoms with Gasteiger partial charge in [0.2, 0.25) is 17.4 Å². The third-order valence-corrected chi connectivity index (χ3v) is 8.05. The van der Waals surface area contributed by atoms with Crippen molar-refractivity contribution >= 4 is 23.4 Å². The Hall–Kier alpha value is -3.84. The van der Waals surface area contributed by atoms with Crippen molar-refractivity contribution in [1.82, 2.24) is 4.90 Å². The number of fused-ring (bicyclic) bond motifs is 4. The third kappa shape index (κ3) is 3.09. The molecule has 182 valence electrons. The van der Waals surface area contributed by atoms with Crippen molar-refractivity contribution in [3.63, 3.8) is 0 Å². The highest BCUT2D eigenvalue weighted by atomic mass is 19.1. The predicted molar refractivity (Wildman–Crippen MR) is 131 cm³/mol. The molecule has 3 aliphatic heterocycles. The van der Waals surface area contributed by atoms with Gasteiger partial charge in [0.25, 0.3) is 5.91 Å². The highest BCUT2D eigenvalue weighted by molar-refractivity contribution is 6.14. The van der Waals surface area contributed by atoms with Crippen LogP contribution in [0.2, 0.25) is 0 Å². The average molecular weight is 485 g/mol. The van der Waals surface area contributed by atoms with Crippen LogP contribution < -0.4 is 10.2 Å². The number of nitrogens with zero attached hydrogens (tertiary/aromatic N) is 2. The standard InChI is InChI=1S/C29H26FN3O3/c1-2-22-24-25(27(35)33(26(24)34)16-18-10-4-3-5-11-18)29(31-22)20-13-7-9-15-23(20)32(28(29)36)17-19-12-6-8-14-21(19)30/h3-15,22,24-25,31H,2,16-17H2,1H3/p+1/t22-,24+,25-,29-/m0/s1. The first-order valence-corrected chi connectivity index (χ1v) is 12.4. The molecule has 3 aromatic rings. The molecule has 6 rings (SSSR count). The second-order valence-corrected chi connectivity index (χ2v) is 9.86. The monoisotopic (exact) mass is 484 g/mol. The number of rotatable bonds is 5. The molecule has 0 unspecified atom stereocenters. The minimum Gasteiger partial charge on any atom is -0.326 e. The van der Waals surface area contributed by atoms with Crippen molar-refractivity contribution in [2.75, 3.05) is 4.90 Å². The molecule has 3 amide bonds. The van der Waals surface area contributed by atoms with Crippen molar-refractivity contribution in [3.05, 3.63) is 101 Å². The lowest BCUT2D eigenvalue weighted by Crippen LogP contribution is -2.99. The summed E-state index contributed by atoms with van der Waals surface area (Å²) in [5.41, 5.74) is 1.41. The summed E-state index contributed by atoms with van der Waals surface area (Å²) in [7, 11) is 0. The van der Waals surface area contributed by atoms with E-state index >= 15 is 0 Å². The zero-order valence-electron chi connectivity index (χ0n) is 19.9. The number of para-hydroxylation sites is 1. The normalized spacial score (nSPS) is 26.7. The van der Waals surface area contributed by atoms with Gasteiger partial charge in [-0.1, -0.05) is 73.7 Å². The first-order chi connectivity index (χ1) is 17.5. The molecule has 0 bridgehead atoms. The van der Waals surface area contributed by atoms with Crippen molar-refractivity contribution < 1.29 is 24.1 Å². The van der Waals surface area contributed by atoms with Crippen molar-refractivity contribution in [2.24, 2.45) is 11.8 Å². The van der Waals surface area contributed by atoms with E-state index in [1.165, 1.54) is 11.0 Å². The molecule has 4 atom stereocenters. The zero-order chi connectivity index (χ0) is 25.0. The molecule has 3 heterocycles. The fourth-order valence-corrected chi connectivity index (χ4v) is 6.42. The summed E-state index contributed by atoms with van der Waals surface area (Å²) in [5, 5.41) is 1.94. The van der Waals surface area contributed by atoms with Crippen LogP contribution in [0.15, 0.2) is 78.9 Å². The van der Waals surface area contributed by atoms with Crippen molar-refractivity contribution in [2.45, 2.75) is 38.0 Å². The highest BCUT2D eigenvalue weighted by Crippen LogP contribution is 2.51. The molecular weight excluding hydrogens is 457 g/mol. The summed E-state index contributed by atoms with van der Waals surface area (Å²) in [4.78, 5) is 44.8. The van der Waals surface area contributed by atoms with Gasteiger partial charge >= 0.3 is 0 Å². The molecule has 7 heteroatoms. The molecule has 36 heavy (non-hydrogen) atoms. The Morgan fingerprint density at radius 1 is 0.833 bits per heavy atom. The summed E-state index contributed by atoms with van der Waals surface area (Å²) in [6, 6.07) is 23.0. The maximum Gasteiger partial charge on any atom is 0.294 e. The van der Waals surface area contributed by atoms with E-state index < -0.39 is 17.4 Å². The number of nitrogens with two attached hydrogens (primary N) is 1. The molecule has 2 N–H and O–H groups in total. The number of quaternary nitrogens is 1. The van der Waals surface area contributed by atoms with Gasteiger partial charge in [0.15, 0.2) is 0 Å². The number of halogens is 1. The van der Waals surface area contributed by atoms with Crippen LogP contribution in [-0.2, 0) is 33.0 Å². The second-order valence-electron chi connectivity index (χ2n) is 9.86. The van der Waals surface area contributed by atoms with Gasteiger partial charge in [-0.3, -0.25) is 19.3 Å². The Bertz CT molecular complexity index is 1380. The number of anilines is 1. The number of carbonyl (C=O) groups is 3. The lowest BCUT2D eigenvalue weighted by molar-refractivity contribution is -0.733. The Balaban J connectivity index is 1.44. The van der Waals surface area contributed by atoms with E-state index in [-0.39, 0.29) is 42.7 Å². The maximum atomic E-state index is 14.6. The smallest absolute Gasteiger partial charge is 0.294 e. The fourth-order valence-electron chi connectivity index (χ4n) is 6.42. The van der Waals surface area contributed by atoms with Gasteiger partial charge < -0.3 is 10.2 Å². The summed E-state index contributed by atoms with van der Waals surface area (Å²) in [6.45, 7) is 2.23. The largest absolute Gasteiger partial charge is 0.326 e. The highest BCUT2D eigenvalue weighted by Gasteiger charge is 2.74. The van der Waals surface area contributed by atoms with Gasteiger partial charge in [-0.05, 0) is 24.1 Å². The summed E-state index contributed by atoms with van der Waals surface area (Å²) < 4.78 is 14.6. The maximum absolute atomic E-state index is 14.6. The predicted octanol–water partition coefficient (Wildman–Crippen LogP) is 2.72. The van der Waals surface area contributed by atoms with Crippen molar-refractivity contribution in [1.29, 1.82) is 0 Å². The van der Waals surface area contributed by atoms with E-state index in [1.807, 2.05) is 66.8 Å². The van der Waals surface area contributed by atoms with Crippen LogP contribution in [0.4, 0.5) is 10.1 Å². The number of likely N-dealkylation sites (tertiary alicyclic amines) is 1. The first kappa shape index (κ1) is 22.6. The summed E-state index contributed by atoms with van der Waals surface area (Å²) in [5.74, 6) is -2.57. The molecule has 0 aliphatic carbocycles. The van der Waals surface area contributed by atoms with Gasteiger partial charge in [0, 0.05) is 11.1 Å². The molecule has 0 aromatic heterocycles. The Morgan fingerprint density at radius 2 is 1.53 bits per heavy atom. The first-order valence-electron chi connectivity index (χ1n) is 12.4. The number of carbonyl (C=O) groups excluding carboxylic acids is 3. The molecule has 3 aromatic carbocycles. The molecule has 1 spiro atoms. The molecule has 2 fully saturated rings. The summed E-state index contributed by atoms with van der Waals surface area (Å²) >= 11 is 0. The number of hydrogen-bond acceptors (Lipinski definition) is 3. The van der Waals surface area contributed by atoms with Crippen LogP contribution in [0.3, 0.4) is 0 Å². The minimum absolute atomic E-state index is 0.0577. The molecule has 0 radical (unpaired) electrons. The van der Waals surface area contributed by atoms with E-state index in [2.05, 4.69) is 0 Å². The van der Waals surface area contributed by atoms with Crippen LogP contribution in [0.1, 0.15) is 30.0 Å². The number of imide groups is 1. The van der Waals surface area contributed by atoms with E-state index in [9.17, 15) is 18.8 Å². The Kier molecular flexibility index (Phi) is 5.26. The van der Waals surface area contributed by atoms with Crippen molar-refractivity contribution in [3.8, 4) is 0 Å². The Labute approximate surface area is 208 Å². The molecule has 0 saturated carbocycles. The van der Waals surface area contributed by atoms with Crippen LogP contribution >= 0.6 is 0 Å². The molecule has 6 nitrogen and oxygen atoms in total. The number of hydrogen-bond donors (Lipinski definition) is 1. The molecule has 2 saturated heterocycles. The minimum atomic E-state index is -1.24. The molecule has 3 aliphatic rings. The van der Waals surface area contributed by atoms with Gasteiger partial charge in [0.05, 0.1) is 24.8 Å². The van der Waals surface area contributed by atoms with E-state index in [0.29, 0.717) is 17.7 Å². The van der Waals surface area contributed by atoms with Crippen LogP contribution in [0.25, 0.3) is 0 Å².